The van der Waals surface area contributed by atoms with E-state index in [1.165, 1.54) is 17.7 Å². The second-order valence-corrected chi connectivity index (χ2v) is 6.24. The molecule has 0 radical (unpaired) electrons. The second-order valence-electron chi connectivity index (χ2n) is 5.21. The van der Waals surface area contributed by atoms with Gasteiger partial charge in [-0.2, -0.15) is 5.10 Å². The smallest absolute Gasteiger partial charge is 0.267 e. The van der Waals surface area contributed by atoms with Crippen molar-refractivity contribution in [2.45, 2.75) is 20.0 Å². The van der Waals surface area contributed by atoms with E-state index < -0.39 is 0 Å². The summed E-state index contributed by atoms with van der Waals surface area (Å²) in [5.74, 6) is 0.463. The van der Waals surface area contributed by atoms with E-state index in [2.05, 4.69) is 25.5 Å². The molecule has 0 bridgehead atoms. The van der Waals surface area contributed by atoms with Crippen LogP contribution in [0.2, 0.25) is 0 Å². The first kappa shape index (κ1) is 16.3. The van der Waals surface area contributed by atoms with Crippen molar-refractivity contribution in [1.82, 2.24) is 20.2 Å². The molecule has 0 aliphatic heterocycles. The molecular weight excluding hydrogens is 326 g/mol. The van der Waals surface area contributed by atoms with Crippen molar-refractivity contribution in [2.75, 3.05) is 12.4 Å². The summed E-state index contributed by atoms with van der Waals surface area (Å²) in [5, 5.41) is 10.3. The molecule has 2 N–H and O–H groups in total. The summed E-state index contributed by atoms with van der Waals surface area (Å²) < 4.78 is 5.26. The third kappa shape index (κ3) is 3.34. The van der Waals surface area contributed by atoms with E-state index >= 15 is 0 Å². The van der Waals surface area contributed by atoms with Crippen LogP contribution >= 0.6 is 11.3 Å². The first-order chi connectivity index (χ1) is 11.6. The van der Waals surface area contributed by atoms with Crippen LogP contribution in [0.25, 0.3) is 11.4 Å². The summed E-state index contributed by atoms with van der Waals surface area (Å²) in [6.45, 7) is 3.73. The highest BCUT2D eigenvalue weighted by Gasteiger charge is 2.18. The number of nitrogens with zero attached hydrogens (tertiary/aromatic N) is 3. The van der Waals surface area contributed by atoms with E-state index in [-0.39, 0.29) is 12.0 Å². The quantitative estimate of drug-likeness (QED) is 0.742. The summed E-state index contributed by atoms with van der Waals surface area (Å²) in [7, 11) is 1.62. The van der Waals surface area contributed by atoms with Crippen LogP contribution in [0, 0.1) is 6.92 Å². The first-order valence-electron chi connectivity index (χ1n) is 7.35. The summed E-state index contributed by atoms with van der Waals surface area (Å²) in [5.41, 5.74) is 2.23. The van der Waals surface area contributed by atoms with Gasteiger partial charge in [-0.05, 0) is 26.0 Å². The Bertz CT molecular complexity index is 844. The maximum absolute atomic E-state index is 12.5. The zero-order valence-corrected chi connectivity index (χ0v) is 14.3. The lowest BCUT2D eigenvalue weighted by Gasteiger charge is -2.06. The lowest BCUT2D eigenvalue weighted by molar-refractivity contribution is 0.103. The maximum Gasteiger partial charge on any atom is 0.267 e. The number of ether oxygens (including phenoxy) is 1. The molecule has 1 amide bonds. The number of aryl methyl sites for hydroxylation is 1. The van der Waals surface area contributed by atoms with Crippen LogP contribution < -0.4 is 5.32 Å². The fraction of sp³-hybridized carbons (Fsp3) is 0.250. The van der Waals surface area contributed by atoms with E-state index in [4.69, 9.17) is 4.74 Å². The van der Waals surface area contributed by atoms with Crippen LogP contribution in [0.4, 0.5) is 5.69 Å². The van der Waals surface area contributed by atoms with E-state index in [0.717, 1.165) is 10.6 Å². The molecule has 3 rings (SSSR count). The van der Waals surface area contributed by atoms with Crippen molar-refractivity contribution in [3.05, 3.63) is 46.2 Å². The van der Waals surface area contributed by atoms with Gasteiger partial charge in [0, 0.05) is 18.4 Å². The molecule has 2 aromatic heterocycles. The van der Waals surface area contributed by atoms with E-state index in [1.54, 1.807) is 7.11 Å². The highest BCUT2D eigenvalue weighted by molar-refractivity contribution is 7.14. The molecule has 1 unspecified atom stereocenters. The van der Waals surface area contributed by atoms with Crippen LogP contribution in [0.1, 0.15) is 33.4 Å². The largest absolute Gasteiger partial charge is 0.375 e. The summed E-state index contributed by atoms with van der Waals surface area (Å²) in [6.07, 6.45) is 1.31. The van der Waals surface area contributed by atoms with Crippen molar-refractivity contribution in [3.8, 4) is 11.4 Å². The maximum atomic E-state index is 12.5. The minimum Gasteiger partial charge on any atom is -0.375 e. The van der Waals surface area contributed by atoms with Gasteiger partial charge in [-0.15, -0.1) is 11.3 Å². The zero-order valence-electron chi connectivity index (χ0n) is 13.5. The van der Waals surface area contributed by atoms with Crippen LogP contribution in [-0.2, 0) is 4.74 Å². The molecule has 124 valence electrons. The van der Waals surface area contributed by atoms with Crippen LogP contribution in [0.3, 0.4) is 0 Å². The van der Waals surface area contributed by atoms with Gasteiger partial charge in [-0.25, -0.2) is 9.97 Å². The Labute approximate surface area is 143 Å². The van der Waals surface area contributed by atoms with Crippen molar-refractivity contribution in [2.24, 2.45) is 0 Å². The Kier molecular flexibility index (Phi) is 4.68. The van der Waals surface area contributed by atoms with Crippen LogP contribution in [0.15, 0.2) is 30.6 Å². The molecule has 0 saturated carbocycles. The SMILES string of the molecule is COC(C)c1nc(C)c(C(=O)Nc2cccc(-c3ncn[nH]3)c2)s1. The average molecular weight is 343 g/mol. The minimum atomic E-state index is -0.186. The Morgan fingerprint density at radius 1 is 1.42 bits per heavy atom. The average Bonchev–Trinajstić information content (AvgIpc) is 3.24. The van der Waals surface area contributed by atoms with Gasteiger partial charge < -0.3 is 10.1 Å². The zero-order chi connectivity index (χ0) is 17.1. The topological polar surface area (TPSA) is 92.8 Å². The predicted octanol–water partition coefficient (Wildman–Crippen LogP) is 3.20. The number of rotatable bonds is 5. The molecule has 1 aromatic carbocycles. The van der Waals surface area contributed by atoms with Gasteiger partial charge in [0.25, 0.3) is 5.91 Å². The number of methoxy groups -OCH3 is 1. The van der Waals surface area contributed by atoms with E-state index in [0.29, 0.717) is 22.1 Å². The van der Waals surface area contributed by atoms with Gasteiger partial charge in [0.15, 0.2) is 5.82 Å². The van der Waals surface area contributed by atoms with Gasteiger partial charge in [-0.1, -0.05) is 12.1 Å². The lowest BCUT2D eigenvalue weighted by atomic mass is 10.2. The minimum absolute atomic E-state index is 0.134. The monoisotopic (exact) mass is 343 g/mol. The number of benzene rings is 1. The number of aromatic nitrogens is 4. The Morgan fingerprint density at radius 2 is 2.25 bits per heavy atom. The number of hydrogen-bond acceptors (Lipinski definition) is 6. The molecule has 2 heterocycles. The second kappa shape index (κ2) is 6.90. The van der Waals surface area contributed by atoms with E-state index in [1.807, 2.05) is 38.1 Å². The van der Waals surface area contributed by atoms with Gasteiger partial charge in [0.1, 0.15) is 22.3 Å². The Morgan fingerprint density at radius 3 is 2.96 bits per heavy atom. The molecular formula is C16H17N5O2S. The highest BCUT2D eigenvalue weighted by Crippen LogP contribution is 2.26. The van der Waals surface area contributed by atoms with Gasteiger partial charge in [-0.3, -0.25) is 9.89 Å². The number of carbonyl (C=O) groups excluding carboxylic acids is 1. The summed E-state index contributed by atoms with van der Waals surface area (Å²) in [4.78, 5) is 21.6. The lowest BCUT2D eigenvalue weighted by Crippen LogP contribution is -2.11. The van der Waals surface area contributed by atoms with Crippen molar-refractivity contribution >= 4 is 22.9 Å². The number of hydrogen-bond donors (Lipinski definition) is 2. The molecule has 0 saturated heterocycles. The van der Waals surface area contributed by atoms with Crippen LogP contribution in [0.5, 0.6) is 0 Å². The highest BCUT2D eigenvalue weighted by atomic mass is 32.1. The third-order valence-corrected chi connectivity index (χ3v) is 4.85. The molecule has 1 atom stereocenters. The number of amides is 1. The third-order valence-electron chi connectivity index (χ3n) is 3.53. The molecule has 24 heavy (non-hydrogen) atoms. The van der Waals surface area contributed by atoms with Crippen molar-refractivity contribution in [1.29, 1.82) is 0 Å². The van der Waals surface area contributed by atoms with Gasteiger partial charge in [0.2, 0.25) is 0 Å². The Balaban J connectivity index is 1.80. The molecule has 8 heteroatoms. The molecule has 0 fully saturated rings. The first-order valence-corrected chi connectivity index (χ1v) is 8.17. The number of anilines is 1. The number of H-pyrrole nitrogens is 1. The number of carbonyl (C=O) groups is 1. The predicted molar refractivity (Wildman–Crippen MR) is 92.0 cm³/mol. The molecule has 0 aliphatic carbocycles. The van der Waals surface area contributed by atoms with Crippen LogP contribution in [-0.4, -0.2) is 33.2 Å². The fourth-order valence-electron chi connectivity index (χ4n) is 2.18. The molecule has 7 nitrogen and oxygen atoms in total. The molecule has 3 aromatic rings. The number of nitrogens with one attached hydrogen (secondary N) is 2. The van der Waals surface area contributed by atoms with Crippen molar-refractivity contribution in [3.63, 3.8) is 0 Å². The Hall–Kier alpha value is -2.58. The molecule has 0 spiro atoms. The number of thiazole rings is 1. The van der Waals surface area contributed by atoms with E-state index in [9.17, 15) is 4.79 Å². The fourth-order valence-corrected chi connectivity index (χ4v) is 3.17. The van der Waals surface area contributed by atoms with Gasteiger partial charge >= 0.3 is 0 Å². The van der Waals surface area contributed by atoms with Crippen molar-refractivity contribution < 1.29 is 9.53 Å². The normalized spacial score (nSPS) is 12.1. The molecule has 0 aliphatic rings. The summed E-state index contributed by atoms with van der Waals surface area (Å²) >= 11 is 1.34. The van der Waals surface area contributed by atoms with Gasteiger partial charge in [0.05, 0.1) is 5.69 Å². The number of aromatic amines is 1. The standard InChI is InChI=1S/C16H17N5O2S/c1-9-13(24-16(19-9)10(2)23-3)15(22)20-12-6-4-5-11(7-12)14-17-8-18-21-14/h4-8,10H,1-3H3,(H,20,22)(H,17,18,21). The summed E-state index contributed by atoms with van der Waals surface area (Å²) in [6, 6.07) is 7.41.